The van der Waals surface area contributed by atoms with Crippen LogP contribution < -0.4 is 21.3 Å². The van der Waals surface area contributed by atoms with Crippen molar-refractivity contribution in [2.45, 2.75) is 56.7 Å². The fourth-order valence-electron chi connectivity index (χ4n) is 6.12. The van der Waals surface area contributed by atoms with E-state index < -0.39 is 5.91 Å². The van der Waals surface area contributed by atoms with Crippen molar-refractivity contribution in [3.63, 3.8) is 0 Å². The molecule has 8 heteroatoms. The Morgan fingerprint density at radius 1 is 0.850 bits per heavy atom. The molecule has 2 aromatic heterocycles. The number of carbonyl (C=O) groups is 1. The van der Waals surface area contributed by atoms with Crippen LogP contribution in [-0.4, -0.2) is 51.9 Å². The Hall–Kier alpha value is -4.17. The van der Waals surface area contributed by atoms with Crippen molar-refractivity contribution >= 4 is 17.4 Å². The first-order chi connectivity index (χ1) is 19.6. The molecule has 6 rings (SSSR count). The summed E-state index contributed by atoms with van der Waals surface area (Å²) < 4.78 is 1.89. The van der Waals surface area contributed by atoms with E-state index in [2.05, 4.69) is 55.9 Å². The van der Waals surface area contributed by atoms with Crippen LogP contribution in [-0.2, 0) is 0 Å². The molecular weight excluding hydrogens is 498 g/mol. The third-order valence-corrected chi connectivity index (χ3v) is 8.19. The van der Waals surface area contributed by atoms with Crippen molar-refractivity contribution in [2.24, 2.45) is 5.73 Å². The lowest BCUT2D eigenvalue weighted by atomic mass is 9.89. The van der Waals surface area contributed by atoms with Gasteiger partial charge in [-0.15, -0.1) is 0 Å². The number of primary amides is 1. The number of benzene rings is 2. The van der Waals surface area contributed by atoms with E-state index in [1.54, 1.807) is 12.3 Å². The highest BCUT2D eigenvalue weighted by atomic mass is 16.1. The number of pyridine rings is 1. The zero-order valence-electron chi connectivity index (χ0n) is 22.7. The number of carbonyl (C=O) groups excluding carboxylic acids is 1. The average molecular weight is 536 g/mol. The van der Waals surface area contributed by atoms with Crippen LogP contribution >= 0.6 is 0 Å². The molecule has 2 aliphatic rings. The molecule has 0 spiro atoms. The van der Waals surface area contributed by atoms with Crippen molar-refractivity contribution in [2.75, 3.05) is 23.3 Å². The smallest absolute Gasteiger partial charge is 0.248 e. The van der Waals surface area contributed by atoms with E-state index in [1.165, 1.54) is 31.4 Å². The number of nitrogens with one attached hydrogen (secondary N) is 2. The monoisotopic (exact) mass is 535 g/mol. The SMILES string of the molecule is NC(=O)c1cccc(-c2ccnc(NC3CCCC[C@H]3N[C@H]3CCCN(c4ccc(-n5cccn5)cc4)C3)c2)c1. The maximum absolute atomic E-state index is 11.7. The molecule has 4 aromatic rings. The molecule has 2 fully saturated rings. The van der Waals surface area contributed by atoms with Gasteiger partial charge in [0.05, 0.1) is 5.69 Å². The summed E-state index contributed by atoms with van der Waals surface area (Å²) in [6, 6.07) is 23.3. The lowest BCUT2D eigenvalue weighted by Crippen LogP contribution is -2.55. The predicted octanol–water partition coefficient (Wildman–Crippen LogP) is 5.01. The molecule has 0 bridgehead atoms. The van der Waals surface area contributed by atoms with Crippen molar-refractivity contribution in [1.29, 1.82) is 0 Å². The topological polar surface area (TPSA) is 101 Å². The number of amides is 1. The molecule has 1 aliphatic heterocycles. The van der Waals surface area contributed by atoms with E-state index in [0.717, 1.165) is 48.6 Å². The second kappa shape index (κ2) is 11.9. The Morgan fingerprint density at radius 3 is 2.45 bits per heavy atom. The summed E-state index contributed by atoms with van der Waals surface area (Å²) in [5.74, 6) is 0.445. The molecule has 1 aliphatic carbocycles. The quantitative estimate of drug-likeness (QED) is 0.293. The van der Waals surface area contributed by atoms with Crippen molar-refractivity contribution in [3.8, 4) is 16.8 Å². The molecule has 4 N–H and O–H groups in total. The molecule has 1 amide bonds. The summed E-state index contributed by atoms with van der Waals surface area (Å²) in [7, 11) is 0. The van der Waals surface area contributed by atoms with E-state index in [1.807, 2.05) is 47.4 Å². The minimum Gasteiger partial charge on any atom is -0.370 e. The second-order valence-electron chi connectivity index (χ2n) is 10.9. The molecule has 40 heavy (non-hydrogen) atoms. The largest absolute Gasteiger partial charge is 0.370 e. The summed E-state index contributed by atoms with van der Waals surface area (Å²) in [5, 5.41) is 12.1. The molecule has 1 unspecified atom stereocenters. The van der Waals surface area contributed by atoms with Gasteiger partial charge >= 0.3 is 0 Å². The Bertz CT molecular complexity index is 1420. The van der Waals surface area contributed by atoms with Crippen LogP contribution in [0.15, 0.2) is 85.3 Å². The highest BCUT2D eigenvalue weighted by molar-refractivity contribution is 5.94. The van der Waals surface area contributed by atoms with Gasteiger partial charge in [-0.1, -0.05) is 25.0 Å². The van der Waals surface area contributed by atoms with E-state index in [0.29, 0.717) is 23.7 Å². The van der Waals surface area contributed by atoms with E-state index in [-0.39, 0.29) is 0 Å². The summed E-state index contributed by atoms with van der Waals surface area (Å²) in [6.45, 7) is 2.09. The van der Waals surface area contributed by atoms with Crippen LogP contribution in [0.3, 0.4) is 0 Å². The number of nitrogens with two attached hydrogens (primary N) is 1. The number of hydrogen-bond donors (Lipinski definition) is 3. The zero-order valence-corrected chi connectivity index (χ0v) is 22.7. The zero-order chi connectivity index (χ0) is 27.3. The van der Waals surface area contributed by atoms with E-state index in [9.17, 15) is 4.79 Å². The lowest BCUT2D eigenvalue weighted by Gasteiger charge is -2.40. The summed E-state index contributed by atoms with van der Waals surface area (Å²) in [5.41, 5.74) is 10.3. The van der Waals surface area contributed by atoms with Crippen LogP contribution in [0.25, 0.3) is 16.8 Å². The molecule has 8 nitrogen and oxygen atoms in total. The van der Waals surface area contributed by atoms with Crippen molar-refractivity contribution in [1.82, 2.24) is 20.1 Å². The van der Waals surface area contributed by atoms with Crippen LogP contribution in [0.2, 0.25) is 0 Å². The van der Waals surface area contributed by atoms with E-state index in [4.69, 9.17) is 5.73 Å². The number of piperidine rings is 1. The number of rotatable bonds is 8. The van der Waals surface area contributed by atoms with Crippen LogP contribution in [0, 0.1) is 0 Å². The molecule has 206 valence electrons. The molecule has 1 saturated carbocycles. The van der Waals surface area contributed by atoms with Gasteiger partial charge < -0.3 is 21.3 Å². The number of nitrogens with zero attached hydrogens (tertiary/aromatic N) is 4. The van der Waals surface area contributed by atoms with Crippen molar-refractivity contribution < 1.29 is 4.79 Å². The molecule has 2 aromatic carbocycles. The highest BCUT2D eigenvalue weighted by Gasteiger charge is 2.29. The molecular formula is C32H37N7O. The third-order valence-electron chi connectivity index (χ3n) is 8.19. The van der Waals surface area contributed by atoms with Crippen LogP contribution in [0.5, 0.6) is 0 Å². The van der Waals surface area contributed by atoms with Gasteiger partial charge in [0.15, 0.2) is 0 Å². The predicted molar refractivity (Wildman–Crippen MR) is 160 cm³/mol. The Morgan fingerprint density at radius 2 is 1.65 bits per heavy atom. The van der Waals surface area contributed by atoms with Gasteiger partial charge in [0, 0.05) is 61.1 Å². The van der Waals surface area contributed by atoms with Crippen molar-refractivity contribution in [3.05, 3.63) is 90.9 Å². The first-order valence-electron chi connectivity index (χ1n) is 14.4. The maximum atomic E-state index is 11.7. The standard InChI is InChI=1S/C32H37N7O/c33-32(40)25-7-3-6-23(20-25)24-15-17-34-31(21-24)37-30-10-2-1-9-29(30)36-26-8-4-18-38(22-26)27-11-13-28(14-12-27)39-19-5-16-35-39/h3,5-7,11-17,19-21,26,29-30,36H,1-2,4,8-10,18,22H2,(H2,33,40)(H,34,37)/t26-,29+,30?/m0/s1. The van der Waals surface area contributed by atoms with Gasteiger partial charge in [0.25, 0.3) is 0 Å². The summed E-state index contributed by atoms with van der Waals surface area (Å²) in [6.07, 6.45) is 12.7. The lowest BCUT2D eigenvalue weighted by molar-refractivity contribution is 0.100. The summed E-state index contributed by atoms with van der Waals surface area (Å²) >= 11 is 0. The molecule has 1 saturated heterocycles. The van der Waals surface area contributed by atoms with Gasteiger partial charge in [-0.2, -0.15) is 5.10 Å². The second-order valence-corrected chi connectivity index (χ2v) is 10.9. The number of hydrogen-bond acceptors (Lipinski definition) is 6. The van der Waals surface area contributed by atoms with Gasteiger partial charge in [-0.3, -0.25) is 4.79 Å². The van der Waals surface area contributed by atoms with Gasteiger partial charge in [0.1, 0.15) is 5.82 Å². The van der Waals surface area contributed by atoms with Crippen LogP contribution in [0.4, 0.5) is 11.5 Å². The highest BCUT2D eigenvalue weighted by Crippen LogP contribution is 2.27. The minimum absolute atomic E-state index is 0.317. The Kier molecular flexibility index (Phi) is 7.77. The first-order valence-corrected chi connectivity index (χ1v) is 14.4. The average Bonchev–Trinajstić information content (AvgIpc) is 3.54. The van der Waals surface area contributed by atoms with Gasteiger partial charge in [0.2, 0.25) is 5.91 Å². The normalized spacial score (nSPS) is 21.2. The van der Waals surface area contributed by atoms with E-state index >= 15 is 0 Å². The first kappa shape index (κ1) is 26.1. The third kappa shape index (κ3) is 6.02. The molecule has 3 atom stereocenters. The van der Waals surface area contributed by atoms with Crippen LogP contribution in [0.1, 0.15) is 48.9 Å². The minimum atomic E-state index is -0.419. The fourth-order valence-corrected chi connectivity index (χ4v) is 6.12. The fraction of sp³-hybridized carbons (Fsp3) is 0.344. The number of anilines is 2. The van der Waals surface area contributed by atoms with Gasteiger partial charge in [-0.05, 0) is 91.4 Å². The molecule has 0 radical (unpaired) electrons. The molecule has 3 heterocycles. The number of aromatic nitrogens is 3. The van der Waals surface area contributed by atoms with Gasteiger partial charge in [-0.25, -0.2) is 9.67 Å². The maximum Gasteiger partial charge on any atom is 0.248 e. The Balaban J connectivity index is 1.11. The Labute approximate surface area is 235 Å². The summed E-state index contributed by atoms with van der Waals surface area (Å²) in [4.78, 5) is 18.8.